The van der Waals surface area contributed by atoms with Gasteiger partial charge in [-0.1, -0.05) is 105 Å². The van der Waals surface area contributed by atoms with Crippen molar-refractivity contribution in [2.24, 2.45) is 16.7 Å². The van der Waals surface area contributed by atoms with Gasteiger partial charge in [-0.3, -0.25) is 19.2 Å². The minimum absolute atomic E-state index is 0. The number of carbonyl (C=O) groups excluding carboxylic acids is 4. The van der Waals surface area contributed by atoms with Gasteiger partial charge in [0.15, 0.2) is 11.6 Å². The van der Waals surface area contributed by atoms with Gasteiger partial charge < -0.3 is 4.74 Å². The Morgan fingerprint density at radius 1 is 0.927 bits per heavy atom. The molecule has 3 aromatic carbocycles. The molecule has 5 nitrogen and oxygen atoms in total. The molecule has 0 aromatic heterocycles. The van der Waals surface area contributed by atoms with Crippen LogP contribution in [0.2, 0.25) is 0 Å². The van der Waals surface area contributed by atoms with E-state index < -0.39 is 17.5 Å². The van der Waals surface area contributed by atoms with Crippen molar-refractivity contribution < 1.29 is 38.5 Å². The number of alkyl halides is 3. The third-order valence-corrected chi connectivity index (χ3v) is 10.5. The summed E-state index contributed by atoms with van der Waals surface area (Å²) >= 11 is 0. The van der Waals surface area contributed by atoms with Crippen LogP contribution in [0.4, 0.5) is 13.2 Å². The van der Waals surface area contributed by atoms with Crippen LogP contribution >= 0.6 is 0 Å². The fraction of sp³-hybridized carbons (Fsp3) is 0.319. The lowest BCUT2D eigenvalue weighted by atomic mass is 9.69. The highest BCUT2D eigenvalue weighted by Gasteiger charge is 2.73. The van der Waals surface area contributed by atoms with Gasteiger partial charge in [-0.2, -0.15) is 13.2 Å². The van der Waals surface area contributed by atoms with Gasteiger partial charge in [0.25, 0.3) is 0 Å². The van der Waals surface area contributed by atoms with E-state index in [1.807, 2.05) is 26.8 Å². The molecule has 3 aliphatic rings. The molecular weight excluding hydrogens is 702 g/mol. The maximum Gasteiger partial charge on any atom is 0.416 e. The summed E-state index contributed by atoms with van der Waals surface area (Å²) in [5.41, 5.74) is 2.95. The van der Waals surface area contributed by atoms with E-state index in [9.17, 15) is 32.3 Å². The van der Waals surface area contributed by atoms with Crippen molar-refractivity contribution in [1.29, 1.82) is 0 Å². The molecule has 290 valence electrons. The predicted octanol–water partition coefficient (Wildman–Crippen LogP) is 11.8. The zero-order valence-corrected chi connectivity index (χ0v) is 32.3. The normalized spacial score (nSPS) is 20.1. The third-order valence-electron chi connectivity index (χ3n) is 10.5. The average Bonchev–Trinajstić information content (AvgIpc) is 3.85. The monoisotopic (exact) mass is 752 g/mol. The van der Waals surface area contributed by atoms with Crippen molar-refractivity contribution in [2.45, 2.75) is 72.9 Å². The zero-order chi connectivity index (χ0) is 40.7. The van der Waals surface area contributed by atoms with Crippen LogP contribution < -0.4 is 0 Å². The predicted molar refractivity (Wildman–Crippen MR) is 215 cm³/mol. The number of ketones is 3. The second-order valence-corrected chi connectivity index (χ2v) is 14.0. The van der Waals surface area contributed by atoms with Crippen LogP contribution in [0.1, 0.15) is 99.1 Å². The first kappa shape index (κ1) is 42.4. The maximum atomic E-state index is 13.5. The zero-order valence-electron chi connectivity index (χ0n) is 32.3. The molecule has 0 radical (unpaired) electrons. The fourth-order valence-corrected chi connectivity index (χ4v) is 7.97. The fourth-order valence-electron chi connectivity index (χ4n) is 7.97. The summed E-state index contributed by atoms with van der Waals surface area (Å²) < 4.78 is 44.3. The number of benzene rings is 3. The van der Waals surface area contributed by atoms with Crippen LogP contribution in [0.3, 0.4) is 0 Å². The maximum absolute atomic E-state index is 13.5. The number of carbonyl (C=O) groups is 4. The van der Waals surface area contributed by atoms with Gasteiger partial charge in [-0.25, -0.2) is 0 Å². The van der Waals surface area contributed by atoms with Gasteiger partial charge in [-0.15, -0.1) is 6.58 Å². The van der Waals surface area contributed by atoms with E-state index in [1.54, 1.807) is 49.4 Å². The summed E-state index contributed by atoms with van der Waals surface area (Å²) in [6.07, 6.45) is 7.99. The molecule has 55 heavy (non-hydrogen) atoms. The summed E-state index contributed by atoms with van der Waals surface area (Å²) in [5, 5.41) is 0. The van der Waals surface area contributed by atoms with Gasteiger partial charge >= 0.3 is 12.1 Å². The van der Waals surface area contributed by atoms with E-state index in [0.29, 0.717) is 34.8 Å². The Labute approximate surface area is 323 Å². The minimum Gasteiger partial charge on any atom is -0.466 e. The van der Waals surface area contributed by atoms with Crippen molar-refractivity contribution in [3.63, 3.8) is 0 Å². The lowest BCUT2D eigenvalue weighted by Gasteiger charge is -2.34. The Morgan fingerprint density at radius 2 is 1.60 bits per heavy atom. The average molecular weight is 753 g/mol. The lowest BCUT2D eigenvalue weighted by Crippen LogP contribution is -2.39. The Kier molecular flexibility index (Phi) is 13.4. The van der Waals surface area contributed by atoms with Gasteiger partial charge in [0.2, 0.25) is 0 Å². The van der Waals surface area contributed by atoms with Crippen LogP contribution in [-0.2, 0) is 26.9 Å². The number of esters is 1. The molecule has 0 heterocycles. The number of allylic oxidation sites excluding steroid dienone is 7. The van der Waals surface area contributed by atoms with E-state index in [2.05, 4.69) is 38.0 Å². The highest BCUT2D eigenvalue weighted by molar-refractivity contribution is 6.32. The topological polar surface area (TPSA) is 77.5 Å². The molecule has 8 heteroatoms. The van der Waals surface area contributed by atoms with Crippen LogP contribution in [0.15, 0.2) is 122 Å². The molecule has 0 bridgehead atoms. The summed E-state index contributed by atoms with van der Waals surface area (Å²) in [6.45, 7) is 20.8. The van der Waals surface area contributed by atoms with E-state index in [1.165, 1.54) is 24.6 Å². The molecule has 3 aromatic rings. The summed E-state index contributed by atoms with van der Waals surface area (Å²) in [6, 6.07) is 15.9. The van der Waals surface area contributed by atoms with E-state index in [-0.39, 0.29) is 58.5 Å². The Hall–Kier alpha value is -5.37. The first-order valence-corrected chi connectivity index (χ1v) is 18.6. The molecule has 3 aliphatic carbocycles. The van der Waals surface area contributed by atoms with Gasteiger partial charge in [0.1, 0.15) is 5.78 Å². The smallest absolute Gasteiger partial charge is 0.416 e. The van der Waals surface area contributed by atoms with Crippen molar-refractivity contribution in [3.8, 4) is 11.1 Å². The highest BCUT2D eigenvalue weighted by atomic mass is 19.4. The SMILES string of the molecule is C=C(C)C(=O)c1cc(CC(C)=O)ccc1C(=C)C(=O)c1ccccc1-c1ccc(C(F)(F)F)cc1.C=CCC1(C(=O)OCC)CCC2=CC=CC3CC231.CC.[HH]. The number of hydrogen-bond acceptors (Lipinski definition) is 5. The quantitative estimate of drug-likeness (QED) is 0.0797. The number of Topliss-reactive ketones (excluding diaryl/α,β-unsaturated/α-hetero) is 3. The van der Waals surface area contributed by atoms with Gasteiger partial charge in [-0.05, 0) is 98.4 Å². The second kappa shape index (κ2) is 17.4. The van der Waals surface area contributed by atoms with E-state index >= 15 is 0 Å². The molecule has 0 aliphatic heterocycles. The molecule has 2 fully saturated rings. The van der Waals surface area contributed by atoms with Crippen LogP contribution in [-0.4, -0.2) is 29.9 Å². The highest BCUT2D eigenvalue weighted by Crippen LogP contribution is 2.76. The Morgan fingerprint density at radius 3 is 2.20 bits per heavy atom. The number of hydrogen-bond donors (Lipinski definition) is 0. The molecule has 1 spiro atoms. The molecular formula is C47H51F3O5. The van der Waals surface area contributed by atoms with Gasteiger partial charge in [0.05, 0.1) is 17.6 Å². The van der Waals surface area contributed by atoms with Crippen LogP contribution in [0.25, 0.3) is 16.7 Å². The molecule has 0 N–H and O–H groups in total. The third kappa shape index (κ3) is 8.49. The molecule has 3 atom stereocenters. The summed E-state index contributed by atoms with van der Waals surface area (Å²) in [4.78, 5) is 50.4. The molecule has 2 saturated carbocycles. The first-order valence-electron chi connectivity index (χ1n) is 18.6. The summed E-state index contributed by atoms with van der Waals surface area (Å²) in [5.74, 6) is -0.395. The molecule has 0 amide bonds. The van der Waals surface area contributed by atoms with Crippen LogP contribution in [0.5, 0.6) is 0 Å². The van der Waals surface area contributed by atoms with Crippen molar-refractivity contribution in [2.75, 3.05) is 6.61 Å². The van der Waals surface area contributed by atoms with E-state index in [4.69, 9.17) is 4.74 Å². The number of rotatable bonds is 12. The number of ether oxygens (including phenoxy) is 1. The largest absolute Gasteiger partial charge is 0.466 e. The lowest BCUT2D eigenvalue weighted by molar-refractivity contribution is -0.158. The number of halogens is 3. The summed E-state index contributed by atoms with van der Waals surface area (Å²) in [7, 11) is 0. The Bertz CT molecular complexity index is 2070. The standard InChI is InChI=1S/C29H23F3O3.C16H20O2.C2H6.H2/c1-17(2)27(34)26-16-20(15-18(3)33)9-14-23(26)19(4)28(35)25-8-6-5-7-24(25)21-10-12-22(13-11-21)29(30,31)32;1-3-9-15(14(17)18-4-2)10-8-12-6-5-7-13-11-16(12,13)15;1-2;/h5-14,16H,1,4,15H2,2-3H3;3,5-7,13H,1,4,8-11H2,2H3;1-2H3;1H. The van der Waals surface area contributed by atoms with Crippen molar-refractivity contribution in [1.82, 2.24) is 0 Å². The first-order chi connectivity index (χ1) is 26.1. The molecule has 0 saturated heterocycles. The molecule has 3 unspecified atom stereocenters. The Balaban J connectivity index is 0.000000334. The molecule has 6 rings (SSSR count). The van der Waals surface area contributed by atoms with Gasteiger partial charge in [0, 0.05) is 30.0 Å². The minimum atomic E-state index is -4.47. The van der Waals surface area contributed by atoms with Crippen molar-refractivity contribution >= 4 is 28.9 Å². The van der Waals surface area contributed by atoms with Crippen molar-refractivity contribution in [3.05, 3.63) is 150 Å². The van der Waals surface area contributed by atoms with Crippen LogP contribution in [0, 0.1) is 16.7 Å². The second-order valence-electron chi connectivity index (χ2n) is 14.0. The van der Waals surface area contributed by atoms with E-state index in [0.717, 1.165) is 37.8 Å².